The molecule has 0 aliphatic carbocycles. The van der Waals surface area contributed by atoms with Crippen molar-refractivity contribution < 1.29 is 4.79 Å². The molecule has 2 heterocycles. The SMILES string of the molecule is N#Cc1cnn(-c2ccccn2)c1NC(=O)CCCl. The quantitative estimate of drug-likeness (QED) is 0.861. The second-order valence-electron chi connectivity index (χ2n) is 3.61. The van der Waals surface area contributed by atoms with Crippen LogP contribution in [0.2, 0.25) is 0 Å². The highest BCUT2D eigenvalue weighted by atomic mass is 35.5. The average molecular weight is 276 g/mol. The van der Waals surface area contributed by atoms with Crippen molar-refractivity contribution >= 4 is 23.3 Å². The highest BCUT2D eigenvalue weighted by Gasteiger charge is 2.15. The minimum Gasteiger partial charge on any atom is -0.309 e. The summed E-state index contributed by atoms with van der Waals surface area (Å²) in [6.45, 7) is 0. The zero-order chi connectivity index (χ0) is 13.7. The summed E-state index contributed by atoms with van der Waals surface area (Å²) in [6, 6.07) is 7.26. The van der Waals surface area contributed by atoms with Crippen LogP contribution in [0.15, 0.2) is 30.6 Å². The van der Waals surface area contributed by atoms with Gasteiger partial charge in [-0.1, -0.05) is 6.07 Å². The number of hydrogen-bond donors (Lipinski definition) is 1. The van der Waals surface area contributed by atoms with Crippen molar-refractivity contribution in [3.05, 3.63) is 36.2 Å². The summed E-state index contributed by atoms with van der Waals surface area (Å²) in [4.78, 5) is 15.7. The molecule has 0 unspecified atom stereocenters. The summed E-state index contributed by atoms with van der Waals surface area (Å²) in [7, 11) is 0. The highest BCUT2D eigenvalue weighted by Crippen LogP contribution is 2.18. The molecule has 2 aromatic heterocycles. The molecule has 6 nitrogen and oxygen atoms in total. The Morgan fingerprint density at radius 3 is 3.00 bits per heavy atom. The minimum absolute atomic E-state index is 0.166. The first-order valence-electron chi connectivity index (χ1n) is 5.51. The molecule has 2 rings (SSSR count). The summed E-state index contributed by atoms with van der Waals surface area (Å²) >= 11 is 5.51. The van der Waals surface area contributed by atoms with E-state index < -0.39 is 0 Å². The number of aromatic nitrogens is 3. The first-order valence-corrected chi connectivity index (χ1v) is 6.05. The molecule has 2 aromatic rings. The van der Waals surface area contributed by atoms with Crippen molar-refractivity contribution in [2.75, 3.05) is 11.2 Å². The largest absolute Gasteiger partial charge is 0.309 e. The maximum atomic E-state index is 11.6. The molecular formula is C12H10ClN5O. The fourth-order valence-corrected chi connectivity index (χ4v) is 1.66. The van der Waals surface area contributed by atoms with Gasteiger partial charge >= 0.3 is 0 Å². The number of nitrogens with zero attached hydrogens (tertiary/aromatic N) is 4. The Kier molecular flexibility index (Phi) is 4.11. The Labute approximate surface area is 114 Å². The van der Waals surface area contributed by atoms with Gasteiger partial charge in [0.1, 0.15) is 11.6 Å². The molecule has 0 saturated carbocycles. The van der Waals surface area contributed by atoms with Gasteiger partial charge in [-0.15, -0.1) is 11.6 Å². The van der Waals surface area contributed by atoms with Crippen LogP contribution in [-0.4, -0.2) is 26.6 Å². The molecule has 1 N–H and O–H groups in total. The van der Waals surface area contributed by atoms with E-state index in [1.54, 1.807) is 24.4 Å². The number of nitrogens with one attached hydrogen (secondary N) is 1. The topological polar surface area (TPSA) is 83.6 Å². The number of anilines is 1. The van der Waals surface area contributed by atoms with Crippen molar-refractivity contribution in [3.8, 4) is 11.9 Å². The summed E-state index contributed by atoms with van der Waals surface area (Å²) in [5.74, 6) is 0.761. The van der Waals surface area contributed by atoms with E-state index in [-0.39, 0.29) is 23.8 Å². The summed E-state index contributed by atoms with van der Waals surface area (Å²) in [5, 5.41) is 15.7. The van der Waals surface area contributed by atoms with E-state index in [2.05, 4.69) is 15.4 Å². The molecule has 0 saturated heterocycles. The van der Waals surface area contributed by atoms with Crippen molar-refractivity contribution in [1.29, 1.82) is 5.26 Å². The first kappa shape index (κ1) is 13.1. The van der Waals surface area contributed by atoms with Gasteiger partial charge in [0.2, 0.25) is 5.91 Å². The number of carbonyl (C=O) groups excluding carboxylic acids is 1. The fourth-order valence-electron chi connectivity index (χ4n) is 1.48. The van der Waals surface area contributed by atoms with Gasteiger partial charge in [-0.3, -0.25) is 4.79 Å². The number of pyridine rings is 1. The monoisotopic (exact) mass is 275 g/mol. The summed E-state index contributed by atoms with van der Waals surface area (Å²) < 4.78 is 1.41. The lowest BCUT2D eigenvalue weighted by Gasteiger charge is -2.07. The normalized spacial score (nSPS) is 9.89. The number of alkyl halides is 1. The van der Waals surface area contributed by atoms with Crippen LogP contribution in [0.3, 0.4) is 0 Å². The summed E-state index contributed by atoms with van der Waals surface area (Å²) in [6.07, 6.45) is 3.15. The summed E-state index contributed by atoms with van der Waals surface area (Å²) in [5.41, 5.74) is 0.272. The molecule has 1 amide bonds. The Morgan fingerprint density at radius 2 is 2.37 bits per heavy atom. The van der Waals surface area contributed by atoms with Crippen LogP contribution in [0.1, 0.15) is 12.0 Å². The van der Waals surface area contributed by atoms with E-state index in [0.29, 0.717) is 11.6 Å². The van der Waals surface area contributed by atoms with Crippen LogP contribution in [0.5, 0.6) is 0 Å². The van der Waals surface area contributed by atoms with Gasteiger partial charge in [-0.25, -0.2) is 4.98 Å². The molecule has 7 heteroatoms. The fraction of sp³-hybridized carbons (Fsp3) is 0.167. The van der Waals surface area contributed by atoms with Gasteiger partial charge in [0.05, 0.1) is 6.20 Å². The zero-order valence-electron chi connectivity index (χ0n) is 9.88. The van der Waals surface area contributed by atoms with Gasteiger partial charge in [0.15, 0.2) is 11.6 Å². The molecule has 0 aromatic carbocycles. The molecule has 0 atom stereocenters. The van der Waals surface area contributed by atoms with Gasteiger partial charge < -0.3 is 5.32 Å². The zero-order valence-corrected chi connectivity index (χ0v) is 10.6. The van der Waals surface area contributed by atoms with Crippen LogP contribution in [-0.2, 0) is 4.79 Å². The Bertz CT molecular complexity index is 617. The van der Waals surface area contributed by atoms with Crippen molar-refractivity contribution in [3.63, 3.8) is 0 Å². The third-order valence-corrected chi connectivity index (χ3v) is 2.52. The van der Waals surface area contributed by atoms with Gasteiger partial charge in [-0.2, -0.15) is 15.0 Å². The molecule has 0 aliphatic heterocycles. The first-order chi connectivity index (χ1) is 9.26. The van der Waals surface area contributed by atoms with Gasteiger partial charge in [-0.05, 0) is 12.1 Å². The second-order valence-corrected chi connectivity index (χ2v) is 3.98. The molecule has 0 fully saturated rings. The Hall–Kier alpha value is -2.39. The predicted octanol–water partition coefficient (Wildman–Crippen LogP) is 1.71. The van der Waals surface area contributed by atoms with Crippen LogP contribution in [0.25, 0.3) is 5.82 Å². The smallest absolute Gasteiger partial charge is 0.226 e. The van der Waals surface area contributed by atoms with E-state index in [9.17, 15) is 4.79 Å². The van der Waals surface area contributed by atoms with Crippen LogP contribution >= 0.6 is 11.6 Å². The Morgan fingerprint density at radius 1 is 1.53 bits per heavy atom. The maximum absolute atomic E-state index is 11.6. The molecule has 0 radical (unpaired) electrons. The number of nitriles is 1. The average Bonchev–Trinajstić information content (AvgIpc) is 2.82. The van der Waals surface area contributed by atoms with E-state index in [0.717, 1.165) is 0 Å². The molecule has 19 heavy (non-hydrogen) atoms. The highest BCUT2D eigenvalue weighted by molar-refractivity contribution is 6.19. The number of amides is 1. The lowest BCUT2D eigenvalue weighted by Crippen LogP contribution is -2.16. The number of carbonyl (C=O) groups is 1. The van der Waals surface area contributed by atoms with E-state index in [4.69, 9.17) is 16.9 Å². The molecule has 0 spiro atoms. The number of halogens is 1. The van der Waals surface area contributed by atoms with Crippen LogP contribution in [0, 0.1) is 11.3 Å². The third-order valence-electron chi connectivity index (χ3n) is 2.34. The van der Waals surface area contributed by atoms with Crippen LogP contribution in [0.4, 0.5) is 5.82 Å². The van der Waals surface area contributed by atoms with Crippen molar-refractivity contribution in [1.82, 2.24) is 14.8 Å². The van der Waals surface area contributed by atoms with Crippen molar-refractivity contribution in [2.45, 2.75) is 6.42 Å². The lowest BCUT2D eigenvalue weighted by molar-refractivity contribution is -0.115. The third kappa shape index (κ3) is 2.89. The van der Waals surface area contributed by atoms with Crippen molar-refractivity contribution in [2.24, 2.45) is 0 Å². The minimum atomic E-state index is -0.274. The van der Waals surface area contributed by atoms with E-state index >= 15 is 0 Å². The molecular weight excluding hydrogens is 266 g/mol. The van der Waals surface area contributed by atoms with E-state index in [1.165, 1.54) is 10.9 Å². The maximum Gasteiger partial charge on any atom is 0.226 e. The van der Waals surface area contributed by atoms with Gasteiger partial charge in [0, 0.05) is 18.5 Å². The van der Waals surface area contributed by atoms with Gasteiger partial charge in [0.25, 0.3) is 0 Å². The Balaban J connectivity index is 2.38. The molecule has 96 valence electrons. The number of hydrogen-bond acceptors (Lipinski definition) is 4. The van der Waals surface area contributed by atoms with Crippen LogP contribution < -0.4 is 5.32 Å². The predicted molar refractivity (Wildman–Crippen MR) is 70.0 cm³/mol. The standard InChI is InChI=1S/C12H10ClN5O/c13-5-4-11(19)17-12-9(7-14)8-16-18(12)10-3-1-2-6-15-10/h1-3,6,8H,4-5H2,(H,17,19). The lowest BCUT2D eigenvalue weighted by atomic mass is 10.3. The van der Waals surface area contributed by atoms with E-state index in [1.807, 2.05) is 6.07 Å². The number of rotatable bonds is 4. The molecule has 0 aliphatic rings. The molecule has 0 bridgehead atoms. The second kappa shape index (κ2) is 5.98.